The second kappa shape index (κ2) is 7.89. The maximum absolute atomic E-state index is 13.0. The van der Waals surface area contributed by atoms with Crippen LogP contribution >= 0.6 is 0 Å². The lowest BCUT2D eigenvalue weighted by Crippen LogP contribution is -2.20. The van der Waals surface area contributed by atoms with E-state index in [4.69, 9.17) is 4.74 Å². The molecule has 0 fully saturated rings. The summed E-state index contributed by atoms with van der Waals surface area (Å²) in [4.78, 5) is 23.2. The van der Waals surface area contributed by atoms with E-state index in [1.807, 2.05) is 25.1 Å². The van der Waals surface area contributed by atoms with Gasteiger partial charge in [0, 0.05) is 11.8 Å². The van der Waals surface area contributed by atoms with Gasteiger partial charge < -0.3 is 10.1 Å². The summed E-state index contributed by atoms with van der Waals surface area (Å²) in [5, 5.41) is 2.63. The van der Waals surface area contributed by atoms with Gasteiger partial charge in [-0.2, -0.15) is 0 Å². The number of carbonyl (C=O) groups excluding carboxylic acids is 2. The summed E-state index contributed by atoms with van der Waals surface area (Å²) in [6.45, 7) is 1.52. The van der Waals surface area contributed by atoms with Gasteiger partial charge in [-0.15, -0.1) is 0 Å². The number of hydrogen-bond acceptors (Lipinski definition) is 3. The summed E-state index contributed by atoms with van der Waals surface area (Å²) in [7, 11) is 0. The molecule has 2 aromatic rings. The lowest BCUT2D eigenvalue weighted by molar-refractivity contribution is -0.142. The summed E-state index contributed by atoms with van der Waals surface area (Å²) >= 11 is 0. The van der Waals surface area contributed by atoms with Crippen LogP contribution in [0.4, 0.5) is 10.1 Å². The Kier molecular flexibility index (Phi) is 5.63. The number of benzene rings is 2. The predicted octanol–water partition coefficient (Wildman–Crippen LogP) is 3.33. The highest BCUT2D eigenvalue weighted by atomic mass is 19.1. The molecular weight excluding hydrogens is 297 g/mol. The Morgan fingerprint density at radius 2 is 1.96 bits per heavy atom. The zero-order valence-corrected chi connectivity index (χ0v) is 12.6. The van der Waals surface area contributed by atoms with E-state index < -0.39 is 17.7 Å². The minimum atomic E-state index is -0.673. The van der Waals surface area contributed by atoms with Crippen molar-refractivity contribution in [1.29, 1.82) is 0 Å². The molecule has 5 heteroatoms. The Bertz CT molecular complexity index is 741. The first-order chi connectivity index (χ1) is 11.0. The highest BCUT2D eigenvalue weighted by Gasteiger charge is 2.05. The van der Waals surface area contributed by atoms with Crippen LogP contribution in [0.3, 0.4) is 0 Å². The summed E-state index contributed by atoms with van der Waals surface area (Å²) in [5.41, 5.74) is 2.19. The van der Waals surface area contributed by atoms with Gasteiger partial charge >= 0.3 is 5.97 Å². The predicted molar refractivity (Wildman–Crippen MR) is 86.2 cm³/mol. The summed E-state index contributed by atoms with van der Waals surface area (Å²) in [6.07, 6.45) is 2.57. The molecule has 23 heavy (non-hydrogen) atoms. The summed E-state index contributed by atoms with van der Waals surface area (Å²) in [5.74, 6) is -1.49. The molecule has 0 atom stereocenters. The van der Waals surface area contributed by atoms with Gasteiger partial charge in [0.2, 0.25) is 0 Å². The average molecular weight is 313 g/mol. The number of anilines is 1. The third kappa shape index (κ3) is 5.74. The van der Waals surface area contributed by atoms with E-state index in [9.17, 15) is 14.0 Å². The first-order valence-corrected chi connectivity index (χ1v) is 7.00. The maximum Gasteiger partial charge on any atom is 0.331 e. The highest BCUT2D eigenvalue weighted by Crippen LogP contribution is 2.09. The fourth-order valence-electron chi connectivity index (χ4n) is 1.88. The van der Waals surface area contributed by atoms with Crippen molar-refractivity contribution in [2.24, 2.45) is 0 Å². The van der Waals surface area contributed by atoms with E-state index in [-0.39, 0.29) is 6.61 Å². The van der Waals surface area contributed by atoms with Gasteiger partial charge in [0.1, 0.15) is 5.82 Å². The molecule has 0 radical (unpaired) electrons. The number of aryl methyl sites for hydroxylation is 1. The van der Waals surface area contributed by atoms with E-state index in [2.05, 4.69) is 5.32 Å². The second-order valence-corrected chi connectivity index (χ2v) is 4.91. The molecule has 0 unspecified atom stereocenters. The first-order valence-electron chi connectivity index (χ1n) is 7.00. The number of rotatable bonds is 5. The Labute approximate surface area is 133 Å². The molecule has 0 saturated heterocycles. The normalized spacial score (nSPS) is 10.5. The van der Waals surface area contributed by atoms with Crippen LogP contribution in [0, 0.1) is 12.7 Å². The average Bonchev–Trinajstić information content (AvgIpc) is 2.51. The van der Waals surface area contributed by atoms with Crippen LogP contribution in [0.2, 0.25) is 0 Å². The molecule has 0 aliphatic carbocycles. The maximum atomic E-state index is 13.0. The molecule has 0 aliphatic heterocycles. The molecular formula is C18H16FNO3. The molecule has 0 aliphatic rings. The minimum Gasteiger partial charge on any atom is -0.452 e. The number of esters is 1. The number of nitrogens with one attached hydrogen (secondary N) is 1. The summed E-state index contributed by atoms with van der Waals surface area (Å²) in [6, 6.07) is 13.1. The molecule has 1 N–H and O–H groups in total. The number of hydrogen-bond donors (Lipinski definition) is 1. The van der Waals surface area contributed by atoms with Crippen LogP contribution in [0.1, 0.15) is 11.1 Å². The molecule has 2 aromatic carbocycles. The minimum absolute atomic E-state index is 0.389. The van der Waals surface area contributed by atoms with E-state index in [1.165, 1.54) is 24.3 Å². The van der Waals surface area contributed by atoms with Crippen LogP contribution < -0.4 is 5.32 Å². The molecule has 0 bridgehead atoms. The molecule has 0 heterocycles. The van der Waals surface area contributed by atoms with Crippen molar-refractivity contribution in [3.63, 3.8) is 0 Å². The van der Waals surface area contributed by atoms with Crippen molar-refractivity contribution in [1.82, 2.24) is 0 Å². The van der Waals surface area contributed by atoms with Gasteiger partial charge in [0.25, 0.3) is 5.91 Å². The molecule has 118 valence electrons. The standard InChI is InChI=1S/C18H16FNO3/c1-13-4-2-7-16(10-13)20-17(21)12-23-18(22)9-8-14-5-3-6-15(19)11-14/h2-11H,12H2,1H3,(H,20,21)/b9-8+. The lowest BCUT2D eigenvalue weighted by atomic mass is 10.2. The van der Waals surface area contributed by atoms with Gasteiger partial charge in [-0.25, -0.2) is 9.18 Å². The van der Waals surface area contributed by atoms with Crippen molar-refractivity contribution in [2.75, 3.05) is 11.9 Å². The second-order valence-electron chi connectivity index (χ2n) is 4.91. The Balaban J connectivity index is 1.81. The van der Waals surface area contributed by atoms with E-state index in [0.29, 0.717) is 11.3 Å². The Morgan fingerprint density at radius 3 is 2.70 bits per heavy atom. The van der Waals surface area contributed by atoms with Gasteiger partial charge in [-0.1, -0.05) is 24.3 Å². The number of carbonyl (C=O) groups is 2. The molecule has 0 aromatic heterocycles. The van der Waals surface area contributed by atoms with Gasteiger partial charge in [0.05, 0.1) is 0 Å². The Morgan fingerprint density at radius 1 is 1.17 bits per heavy atom. The zero-order chi connectivity index (χ0) is 16.7. The van der Waals surface area contributed by atoms with Crippen molar-refractivity contribution in [3.05, 3.63) is 71.6 Å². The fourth-order valence-corrected chi connectivity index (χ4v) is 1.88. The SMILES string of the molecule is Cc1cccc(NC(=O)COC(=O)/C=C/c2cccc(F)c2)c1. The van der Waals surface area contributed by atoms with Crippen molar-refractivity contribution < 1.29 is 18.7 Å². The molecule has 1 amide bonds. The molecule has 0 saturated carbocycles. The van der Waals surface area contributed by atoms with E-state index >= 15 is 0 Å². The fraction of sp³-hybridized carbons (Fsp3) is 0.111. The Hall–Kier alpha value is -2.95. The van der Waals surface area contributed by atoms with E-state index in [0.717, 1.165) is 11.6 Å². The van der Waals surface area contributed by atoms with Gasteiger partial charge in [0.15, 0.2) is 6.61 Å². The third-order valence-corrected chi connectivity index (χ3v) is 2.91. The van der Waals surface area contributed by atoms with Crippen molar-refractivity contribution in [3.8, 4) is 0 Å². The summed E-state index contributed by atoms with van der Waals surface area (Å²) < 4.78 is 17.8. The van der Waals surface area contributed by atoms with Crippen molar-refractivity contribution >= 4 is 23.6 Å². The van der Waals surface area contributed by atoms with Crippen LogP contribution in [-0.2, 0) is 14.3 Å². The van der Waals surface area contributed by atoms with Gasteiger partial charge in [-0.3, -0.25) is 4.79 Å². The number of halogens is 1. The quantitative estimate of drug-likeness (QED) is 0.680. The molecule has 2 rings (SSSR count). The van der Waals surface area contributed by atoms with Crippen LogP contribution in [-0.4, -0.2) is 18.5 Å². The van der Waals surface area contributed by atoms with Crippen LogP contribution in [0.5, 0.6) is 0 Å². The third-order valence-electron chi connectivity index (χ3n) is 2.91. The van der Waals surface area contributed by atoms with Crippen LogP contribution in [0.15, 0.2) is 54.6 Å². The van der Waals surface area contributed by atoms with Gasteiger partial charge in [-0.05, 0) is 48.4 Å². The molecule has 4 nitrogen and oxygen atoms in total. The monoisotopic (exact) mass is 313 g/mol. The number of ether oxygens (including phenoxy) is 1. The first kappa shape index (κ1) is 16.4. The topological polar surface area (TPSA) is 55.4 Å². The zero-order valence-electron chi connectivity index (χ0n) is 12.6. The number of amides is 1. The lowest BCUT2D eigenvalue weighted by Gasteiger charge is -2.06. The highest BCUT2D eigenvalue weighted by molar-refractivity contribution is 5.94. The van der Waals surface area contributed by atoms with Crippen molar-refractivity contribution in [2.45, 2.75) is 6.92 Å². The van der Waals surface area contributed by atoms with E-state index in [1.54, 1.807) is 12.1 Å². The molecule has 0 spiro atoms. The largest absolute Gasteiger partial charge is 0.452 e. The van der Waals surface area contributed by atoms with Crippen LogP contribution in [0.25, 0.3) is 6.08 Å². The smallest absolute Gasteiger partial charge is 0.331 e.